The van der Waals surface area contributed by atoms with Crippen LogP contribution >= 0.6 is 23.2 Å². The number of methoxy groups -OCH3 is 1. The highest BCUT2D eigenvalue weighted by molar-refractivity contribution is 6.39. The number of aliphatic hydroxyl groups is 1. The Labute approximate surface area is 252 Å². The smallest absolute Gasteiger partial charge is 0.279 e. The molecule has 42 heavy (non-hydrogen) atoms. The van der Waals surface area contributed by atoms with Gasteiger partial charge in [0.25, 0.3) is 11.5 Å². The molecule has 1 fully saturated rings. The van der Waals surface area contributed by atoms with Crippen LogP contribution in [0.4, 0.5) is 5.69 Å². The van der Waals surface area contributed by atoms with Gasteiger partial charge in [-0.15, -0.1) is 0 Å². The van der Waals surface area contributed by atoms with Gasteiger partial charge in [0.15, 0.2) is 5.82 Å². The maximum absolute atomic E-state index is 12.9. The second-order valence-electron chi connectivity index (χ2n) is 10.0. The lowest BCUT2D eigenvalue weighted by Gasteiger charge is -2.28. The molecular weight excluding hydrogens is 579 g/mol. The number of ether oxygens (including phenoxy) is 1. The van der Waals surface area contributed by atoms with Gasteiger partial charge < -0.3 is 20.5 Å². The zero-order valence-electron chi connectivity index (χ0n) is 23.1. The van der Waals surface area contributed by atoms with E-state index in [1.807, 2.05) is 12.1 Å². The van der Waals surface area contributed by atoms with E-state index in [4.69, 9.17) is 27.9 Å². The normalized spacial score (nSPS) is 16.7. The maximum Gasteiger partial charge on any atom is 0.279 e. The minimum absolute atomic E-state index is 0.0228. The molecule has 1 aliphatic rings. The van der Waals surface area contributed by atoms with Crippen molar-refractivity contribution < 1.29 is 14.6 Å². The molecular formula is C30H30Cl2N6O4. The van der Waals surface area contributed by atoms with Crippen molar-refractivity contribution in [3.8, 4) is 28.4 Å². The Bertz CT molecular complexity index is 1680. The van der Waals surface area contributed by atoms with Gasteiger partial charge >= 0.3 is 0 Å². The molecule has 1 saturated carbocycles. The number of carbonyl (C=O) groups is 1. The molecule has 3 N–H and O–H groups in total. The van der Waals surface area contributed by atoms with Crippen LogP contribution in [0.15, 0.2) is 59.7 Å². The van der Waals surface area contributed by atoms with E-state index in [0.717, 1.165) is 35.9 Å². The van der Waals surface area contributed by atoms with Crippen LogP contribution in [0.3, 0.4) is 0 Å². The van der Waals surface area contributed by atoms with Crippen LogP contribution in [0.25, 0.3) is 22.5 Å². The van der Waals surface area contributed by atoms with Gasteiger partial charge in [-0.3, -0.25) is 9.59 Å². The van der Waals surface area contributed by atoms with Crippen LogP contribution < -0.4 is 20.9 Å². The number of aromatic nitrogens is 4. The monoisotopic (exact) mass is 608 g/mol. The summed E-state index contributed by atoms with van der Waals surface area (Å²) in [6.07, 6.45) is 6.54. The number of anilines is 1. The molecule has 0 spiro atoms. The number of halogens is 2. The third-order valence-corrected chi connectivity index (χ3v) is 8.14. The molecule has 4 aromatic rings. The zero-order valence-corrected chi connectivity index (χ0v) is 24.6. The van der Waals surface area contributed by atoms with Gasteiger partial charge in [-0.05, 0) is 31.0 Å². The predicted octanol–water partition coefficient (Wildman–Crippen LogP) is 4.87. The van der Waals surface area contributed by atoms with E-state index >= 15 is 0 Å². The molecule has 2 aromatic carbocycles. The SMILES string of the molecule is COc1nc(-c2cccc(-c3cccc(NC(=O)c4ccnn(C)c4=O)c3Cl)c2Cl)ncc1CN[C@@H]1CCCC[C@@H]1O. The van der Waals surface area contributed by atoms with Crippen molar-refractivity contribution in [2.75, 3.05) is 12.4 Å². The average Bonchev–Trinajstić information content (AvgIpc) is 2.99. The Morgan fingerprint density at radius 3 is 2.55 bits per heavy atom. The van der Waals surface area contributed by atoms with E-state index in [9.17, 15) is 14.7 Å². The van der Waals surface area contributed by atoms with E-state index in [1.165, 1.54) is 19.3 Å². The summed E-state index contributed by atoms with van der Waals surface area (Å²) in [4.78, 5) is 34.4. The standard InChI is InChI=1S/C30H30Cl2N6O4/c1-38-30(41)21(13-14-35-38)28(40)36-23-11-6-8-19(26(23)32)18-7-5-9-20(25(18)31)27-34-16-17(29(37-27)42-2)15-33-22-10-3-4-12-24(22)39/h5-9,11,13-14,16,22,24,33,39H,3-4,10,12,15H2,1-2H3,(H,36,40)/t22-,24+/m1/s1. The van der Waals surface area contributed by atoms with Gasteiger partial charge in [0.05, 0.1) is 28.9 Å². The van der Waals surface area contributed by atoms with Crippen molar-refractivity contribution in [3.05, 3.63) is 86.4 Å². The van der Waals surface area contributed by atoms with Crippen molar-refractivity contribution in [1.29, 1.82) is 0 Å². The summed E-state index contributed by atoms with van der Waals surface area (Å²) < 4.78 is 6.65. The van der Waals surface area contributed by atoms with Gasteiger partial charge in [0, 0.05) is 54.3 Å². The summed E-state index contributed by atoms with van der Waals surface area (Å²) in [5, 5.41) is 20.9. The third kappa shape index (κ3) is 6.17. The van der Waals surface area contributed by atoms with Crippen LogP contribution in [-0.2, 0) is 13.6 Å². The number of hydrogen-bond donors (Lipinski definition) is 3. The Hall–Kier alpha value is -3.83. The van der Waals surface area contributed by atoms with Crippen LogP contribution in [0, 0.1) is 0 Å². The van der Waals surface area contributed by atoms with Crippen LogP contribution in [0.1, 0.15) is 41.6 Å². The number of rotatable bonds is 8. The summed E-state index contributed by atoms with van der Waals surface area (Å²) in [7, 11) is 3.01. The topological polar surface area (TPSA) is 131 Å². The number of carbonyl (C=O) groups excluding carboxylic acids is 1. The lowest BCUT2D eigenvalue weighted by Crippen LogP contribution is -2.41. The maximum atomic E-state index is 12.9. The number of nitrogens with one attached hydrogen (secondary N) is 2. The molecule has 0 saturated heterocycles. The Balaban J connectivity index is 1.41. The molecule has 0 aliphatic heterocycles. The van der Waals surface area contributed by atoms with Crippen molar-refractivity contribution in [1.82, 2.24) is 25.1 Å². The molecule has 0 radical (unpaired) electrons. The summed E-state index contributed by atoms with van der Waals surface area (Å²) in [5.41, 5.74) is 2.24. The summed E-state index contributed by atoms with van der Waals surface area (Å²) in [6.45, 7) is 0.457. The first-order valence-corrected chi connectivity index (χ1v) is 14.3. The van der Waals surface area contributed by atoms with Crippen molar-refractivity contribution >= 4 is 34.8 Å². The quantitative estimate of drug-likeness (QED) is 0.258. The molecule has 0 bridgehead atoms. The second kappa shape index (κ2) is 13.0. The fourth-order valence-corrected chi connectivity index (χ4v) is 5.61. The molecule has 218 valence electrons. The van der Waals surface area contributed by atoms with Crippen LogP contribution in [0.2, 0.25) is 10.0 Å². The van der Waals surface area contributed by atoms with E-state index in [2.05, 4.69) is 25.7 Å². The van der Waals surface area contributed by atoms with Crippen LogP contribution in [0.5, 0.6) is 5.88 Å². The van der Waals surface area contributed by atoms with E-state index in [-0.39, 0.29) is 22.7 Å². The Morgan fingerprint density at radius 2 is 1.79 bits per heavy atom. The average molecular weight is 610 g/mol. The highest BCUT2D eigenvalue weighted by Crippen LogP contribution is 2.41. The van der Waals surface area contributed by atoms with Crippen molar-refractivity contribution in [2.24, 2.45) is 7.05 Å². The molecule has 0 unspecified atom stereocenters. The first kappa shape index (κ1) is 29.7. The first-order valence-electron chi connectivity index (χ1n) is 13.5. The molecule has 2 aromatic heterocycles. The number of amides is 1. The van der Waals surface area contributed by atoms with Gasteiger partial charge in [-0.25, -0.2) is 9.67 Å². The van der Waals surface area contributed by atoms with E-state index < -0.39 is 11.5 Å². The highest BCUT2D eigenvalue weighted by Gasteiger charge is 2.23. The molecule has 1 aliphatic carbocycles. The van der Waals surface area contributed by atoms with Gasteiger partial charge in [0.1, 0.15) is 5.56 Å². The number of benzene rings is 2. The molecule has 5 rings (SSSR count). The first-order chi connectivity index (χ1) is 20.3. The van der Waals surface area contributed by atoms with Gasteiger partial charge in [-0.1, -0.05) is 60.3 Å². The van der Waals surface area contributed by atoms with Gasteiger partial charge in [0.2, 0.25) is 5.88 Å². The molecule has 12 heteroatoms. The minimum atomic E-state index is -0.607. The number of hydrogen-bond acceptors (Lipinski definition) is 8. The lowest BCUT2D eigenvalue weighted by atomic mass is 9.92. The number of nitrogens with zero attached hydrogens (tertiary/aromatic N) is 4. The molecule has 1 amide bonds. The number of aryl methyl sites for hydroxylation is 1. The second-order valence-corrected chi connectivity index (χ2v) is 10.8. The largest absolute Gasteiger partial charge is 0.481 e. The molecule has 2 atom stereocenters. The van der Waals surface area contributed by atoms with E-state index in [1.54, 1.807) is 37.6 Å². The van der Waals surface area contributed by atoms with Crippen molar-refractivity contribution in [3.63, 3.8) is 0 Å². The van der Waals surface area contributed by atoms with Crippen molar-refractivity contribution in [2.45, 2.75) is 44.4 Å². The lowest BCUT2D eigenvalue weighted by molar-refractivity contribution is 0.0901. The Kier molecular flexibility index (Phi) is 9.18. The van der Waals surface area contributed by atoms with E-state index in [0.29, 0.717) is 45.6 Å². The summed E-state index contributed by atoms with van der Waals surface area (Å²) in [6, 6.07) is 12.0. The molecule has 10 nitrogen and oxygen atoms in total. The Morgan fingerprint density at radius 1 is 1.07 bits per heavy atom. The molecule has 2 heterocycles. The summed E-state index contributed by atoms with van der Waals surface area (Å²) in [5.74, 6) is 0.170. The fraction of sp³-hybridized carbons (Fsp3) is 0.300. The minimum Gasteiger partial charge on any atom is -0.481 e. The fourth-order valence-electron chi connectivity index (χ4n) is 5.03. The number of aliphatic hydroxyl groups excluding tert-OH is 1. The predicted molar refractivity (Wildman–Crippen MR) is 162 cm³/mol. The van der Waals surface area contributed by atoms with Crippen LogP contribution in [-0.4, -0.2) is 50.0 Å². The van der Waals surface area contributed by atoms with Gasteiger partial charge in [-0.2, -0.15) is 10.1 Å². The highest BCUT2D eigenvalue weighted by atomic mass is 35.5. The summed E-state index contributed by atoms with van der Waals surface area (Å²) >= 11 is 13.6. The zero-order chi connectivity index (χ0) is 29.8. The third-order valence-electron chi connectivity index (χ3n) is 7.33.